The highest BCUT2D eigenvalue weighted by molar-refractivity contribution is 7.99. The molecular formula is C21H18N4O3S2. The van der Waals surface area contributed by atoms with E-state index < -0.39 is 0 Å². The molecule has 4 aromatic rings. The van der Waals surface area contributed by atoms with Crippen LogP contribution in [0.2, 0.25) is 0 Å². The van der Waals surface area contributed by atoms with Gasteiger partial charge in [0.05, 0.1) is 21.0 Å². The summed E-state index contributed by atoms with van der Waals surface area (Å²) in [6, 6.07) is 14.8. The first-order valence-electron chi connectivity index (χ1n) is 9.27. The van der Waals surface area contributed by atoms with Crippen LogP contribution >= 0.6 is 23.1 Å². The number of fused-ring (bicyclic) bond motifs is 1. The first-order valence-corrected chi connectivity index (χ1v) is 11.1. The molecule has 30 heavy (non-hydrogen) atoms. The monoisotopic (exact) mass is 438 g/mol. The van der Waals surface area contributed by atoms with E-state index in [0.29, 0.717) is 28.8 Å². The fourth-order valence-electron chi connectivity index (χ4n) is 2.75. The molecule has 0 radical (unpaired) electrons. The quantitative estimate of drug-likeness (QED) is 0.322. The lowest BCUT2D eigenvalue weighted by Gasteiger charge is -2.04. The molecule has 4 rings (SSSR count). The van der Waals surface area contributed by atoms with Gasteiger partial charge in [-0.05, 0) is 43.3 Å². The van der Waals surface area contributed by atoms with E-state index in [1.54, 1.807) is 35.6 Å². The van der Waals surface area contributed by atoms with Crippen LogP contribution in [0.25, 0.3) is 10.2 Å². The second kappa shape index (κ2) is 9.19. The largest absolute Gasteiger partial charge is 0.416 e. The van der Waals surface area contributed by atoms with Crippen molar-refractivity contribution >= 4 is 50.7 Å². The predicted molar refractivity (Wildman–Crippen MR) is 117 cm³/mol. The van der Waals surface area contributed by atoms with Gasteiger partial charge in [-0.3, -0.25) is 9.59 Å². The van der Waals surface area contributed by atoms with Crippen LogP contribution in [0.15, 0.2) is 58.2 Å². The molecule has 2 aromatic carbocycles. The first kappa shape index (κ1) is 20.2. The number of carbonyl (C=O) groups excluding carboxylic acids is 2. The molecule has 0 unspecified atom stereocenters. The highest BCUT2D eigenvalue weighted by Gasteiger charge is 2.12. The Balaban J connectivity index is 1.25. The van der Waals surface area contributed by atoms with Crippen molar-refractivity contribution in [1.29, 1.82) is 0 Å². The minimum Gasteiger partial charge on any atom is -0.416 e. The molecule has 2 heterocycles. The summed E-state index contributed by atoms with van der Waals surface area (Å²) < 4.78 is 6.79. The van der Waals surface area contributed by atoms with Crippen molar-refractivity contribution in [2.45, 2.75) is 25.0 Å². The molecule has 0 spiro atoms. The fraction of sp³-hybridized carbons (Fsp3) is 0.190. The van der Waals surface area contributed by atoms with Crippen molar-refractivity contribution in [2.75, 3.05) is 11.1 Å². The van der Waals surface area contributed by atoms with E-state index in [1.807, 2.05) is 18.2 Å². The third-order valence-corrected chi connectivity index (χ3v) is 6.16. The Morgan fingerprint density at radius 2 is 1.87 bits per heavy atom. The van der Waals surface area contributed by atoms with E-state index >= 15 is 0 Å². The number of nitrogens with zero attached hydrogens (tertiary/aromatic N) is 3. The number of anilines is 1. The second-order valence-corrected chi connectivity index (χ2v) is 8.55. The van der Waals surface area contributed by atoms with Gasteiger partial charge in [0.1, 0.15) is 0 Å². The molecule has 0 saturated carbocycles. The van der Waals surface area contributed by atoms with Gasteiger partial charge in [0.2, 0.25) is 11.8 Å². The van der Waals surface area contributed by atoms with Crippen LogP contribution in [-0.4, -0.2) is 32.6 Å². The van der Waals surface area contributed by atoms with Gasteiger partial charge in [-0.1, -0.05) is 23.9 Å². The second-order valence-electron chi connectivity index (χ2n) is 6.51. The fourth-order valence-corrected chi connectivity index (χ4v) is 4.30. The van der Waals surface area contributed by atoms with Crippen LogP contribution in [-0.2, 0) is 17.6 Å². The van der Waals surface area contributed by atoms with Crippen LogP contribution in [0.3, 0.4) is 0 Å². The summed E-state index contributed by atoms with van der Waals surface area (Å²) >= 11 is 2.85. The normalized spacial score (nSPS) is 11.0. The zero-order valence-corrected chi connectivity index (χ0v) is 17.8. The molecule has 152 valence electrons. The van der Waals surface area contributed by atoms with Gasteiger partial charge in [-0.15, -0.1) is 21.5 Å². The topological polar surface area (TPSA) is 98.0 Å². The number of thioether (sulfide) groups is 1. The molecule has 7 nitrogen and oxygen atoms in total. The Kier molecular flexibility index (Phi) is 6.20. The molecule has 1 N–H and O–H groups in total. The average Bonchev–Trinajstić information content (AvgIpc) is 3.37. The molecule has 0 saturated heterocycles. The molecule has 0 fully saturated rings. The Hall–Kier alpha value is -3.04. The van der Waals surface area contributed by atoms with E-state index in [0.717, 1.165) is 21.6 Å². The van der Waals surface area contributed by atoms with E-state index in [-0.39, 0.29) is 17.4 Å². The van der Waals surface area contributed by atoms with Gasteiger partial charge in [0, 0.05) is 24.1 Å². The van der Waals surface area contributed by atoms with Crippen LogP contribution in [0.1, 0.15) is 28.2 Å². The summed E-state index contributed by atoms with van der Waals surface area (Å²) in [7, 11) is 0. The summed E-state index contributed by atoms with van der Waals surface area (Å²) in [6.45, 7) is 1.50. The zero-order chi connectivity index (χ0) is 20.9. The van der Waals surface area contributed by atoms with Gasteiger partial charge in [0.25, 0.3) is 5.22 Å². The number of hydrogen-bond acceptors (Lipinski definition) is 8. The van der Waals surface area contributed by atoms with E-state index in [1.165, 1.54) is 18.7 Å². The van der Waals surface area contributed by atoms with Gasteiger partial charge < -0.3 is 9.73 Å². The maximum absolute atomic E-state index is 12.1. The van der Waals surface area contributed by atoms with Crippen molar-refractivity contribution < 1.29 is 14.0 Å². The molecule has 2 aromatic heterocycles. The molecule has 0 atom stereocenters. The first-order chi connectivity index (χ1) is 14.6. The van der Waals surface area contributed by atoms with E-state index in [4.69, 9.17) is 4.42 Å². The van der Waals surface area contributed by atoms with Gasteiger partial charge >= 0.3 is 0 Å². The maximum atomic E-state index is 12.1. The number of Topliss-reactive ketones (excluding diaryl/α,β-unsaturated/α-hetero) is 1. The Morgan fingerprint density at radius 1 is 1.07 bits per heavy atom. The van der Waals surface area contributed by atoms with Crippen molar-refractivity contribution in [3.8, 4) is 0 Å². The number of para-hydroxylation sites is 1. The molecule has 0 aliphatic rings. The zero-order valence-electron chi connectivity index (χ0n) is 16.1. The summed E-state index contributed by atoms with van der Waals surface area (Å²) in [5, 5.41) is 12.2. The molecule has 9 heteroatoms. The van der Waals surface area contributed by atoms with Crippen LogP contribution in [0.4, 0.5) is 5.69 Å². The Labute approximate surface area is 180 Å². The lowest BCUT2D eigenvalue weighted by molar-refractivity contribution is -0.113. The number of aromatic nitrogens is 3. The molecular weight excluding hydrogens is 420 g/mol. The predicted octanol–water partition coefficient (Wildman–Crippen LogP) is 4.40. The lowest BCUT2D eigenvalue weighted by Crippen LogP contribution is -2.14. The smallest absolute Gasteiger partial charge is 0.277 e. The number of nitrogens with one attached hydrogen (secondary N) is 1. The minimum absolute atomic E-state index is 0.0150. The number of amides is 1. The number of rotatable bonds is 8. The van der Waals surface area contributed by atoms with Gasteiger partial charge in [-0.25, -0.2) is 4.98 Å². The number of thiazole rings is 1. The van der Waals surface area contributed by atoms with Gasteiger partial charge in [-0.2, -0.15) is 0 Å². The number of ketones is 1. The summed E-state index contributed by atoms with van der Waals surface area (Å²) in [5.74, 6) is 0.467. The molecule has 0 aliphatic heterocycles. The standard InChI is InChI=1S/C21H18N4O3S2/c1-13(26)14-6-8-15(9-7-14)22-18(27)12-29-21-25-24-19(28-21)10-11-20-23-16-4-2-3-5-17(16)30-20/h2-9H,10-12H2,1H3,(H,22,27). The highest BCUT2D eigenvalue weighted by atomic mass is 32.2. The SMILES string of the molecule is CC(=O)c1ccc(NC(=O)CSc2nnc(CCc3nc4ccccc4s3)o2)cc1. The minimum atomic E-state index is -0.190. The van der Waals surface area contributed by atoms with Crippen molar-refractivity contribution in [2.24, 2.45) is 0 Å². The van der Waals surface area contributed by atoms with E-state index in [2.05, 4.69) is 26.6 Å². The van der Waals surface area contributed by atoms with Crippen molar-refractivity contribution in [1.82, 2.24) is 15.2 Å². The lowest BCUT2D eigenvalue weighted by atomic mass is 10.1. The van der Waals surface area contributed by atoms with E-state index in [9.17, 15) is 9.59 Å². The molecule has 0 aliphatic carbocycles. The number of hydrogen-bond donors (Lipinski definition) is 1. The highest BCUT2D eigenvalue weighted by Crippen LogP contribution is 2.23. The van der Waals surface area contributed by atoms with Gasteiger partial charge in [0.15, 0.2) is 5.78 Å². The third-order valence-electron chi connectivity index (χ3n) is 4.24. The number of benzene rings is 2. The molecule has 0 bridgehead atoms. The van der Waals surface area contributed by atoms with Crippen molar-refractivity contribution in [3.63, 3.8) is 0 Å². The summed E-state index contributed by atoms with van der Waals surface area (Å²) in [5.41, 5.74) is 2.24. The van der Waals surface area contributed by atoms with Crippen LogP contribution in [0.5, 0.6) is 0 Å². The maximum Gasteiger partial charge on any atom is 0.277 e. The van der Waals surface area contributed by atoms with Crippen LogP contribution < -0.4 is 5.32 Å². The number of carbonyl (C=O) groups is 2. The Bertz CT molecular complexity index is 1150. The van der Waals surface area contributed by atoms with Crippen molar-refractivity contribution in [3.05, 3.63) is 65.0 Å². The Morgan fingerprint density at radius 3 is 2.63 bits per heavy atom. The molecule has 1 amide bonds. The summed E-state index contributed by atoms with van der Waals surface area (Å²) in [4.78, 5) is 28.0. The number of aryl methyl sites for hydroxylation is 2. The van der Waals surface area contributed by atoms with Crippen LogP contribution in [0, 0.1) is 0 Å². The average molecular weight is 439 g/mol. The summed E-state index contributed by atoms with van der Waals surface area (Å²) in [6.07, 6.45) is 1.32. The third kappa shape index (κ3) is 5.11.